The first kappa shape index (κ1) is 13.6. The standard InChI is InChI=1S/C9H15NO5/c1-2-3-10(4-5-11)8(12)6-15-7-9(13)14/h2,11H,1,3-7H2,(H,13,14). The van der Waals surface area contributed by atoms with Crippen LogP contribution < -0.4 is 0 Å². The summed E-state index contributed by atoms with van der Waals surface area (Å²) in [6.45, 7) is 2.98. The van der Waals surface area contributed by atoms with Gasteiger partial charge in [-0.1, -0.05) is 6.08 Å². The van der Waals surface area contributed by atoms with Crippen molar-refractivity contribution in [3.63, 3.8) is 0 Å². The zero-order chi connectivity index (χ0) is 11.7. The van der Waals surface area contributed by atoms with Crippen molar-refractivity contribution in [3.05, 3.63) is 12.7 Å². The van der Waals surface area contributed by atoms with E-state index in [0.717, 1.165) is 0 Å². The van der Waals surface area contributed by atoms with Gasteiger partial charge in [0.05, 0.1) is 6.61 Å². The monoisotopic (exact) mass is 217 g/mol. The van der Waals surface area contributed by atoms with Crippen molar-refractivity contribution < 1.29 is 24.5 Å². The van der Waals surface area contributed by atoms with Gasteiger partial charge in [0.2, 0.25) is 5.91 Å². The van der Waals surface area contributed by atoms with E-state index in [9.17, 15) is 9.59 Å². The molecule has 0 saturated heterocycles. The summed E-state index contributed by atoms with van der Waals surface area (Å²) in [6, 6.07) is 0. The molecule has 6 heteroatoms. The van der Waals surface area contributed by atoms with Crippen LogP contribution in [-0.4, -0.2) is 59.9 Å². The molecule has 0 radical (unpaired) electrons. The second-order valence-corrected chi connectivity index (χ2v) is 2.74. The van der Waals surface area contributed by atoms with E-state index in [-0.39, 0.29) is 25.7 Å². The molecule has 0 aromatic rings. The normalized spacial score (nSPS) is 9.67. The summed E-state index contributed by atoms with van der Waals surface area (Å²) >= 11 is 0. The number of carbonyl (C=O) groups is 2. The number of carboxylic acid groups (broad SMARTS) is 1. The predicted molar refractivity (Wildman–Crippen MR) is 52.3 cm³/mol. The summed E-state index contributed by atoms with van der Waals surface area (Å²) in [5, 5.41) is 16.9. The van der Waals surface area contributed by atoms with E-state index >= 15 is 0 Å². The third-order valence-electron chi connectivity index (χ3n) is 1.52. The van der Waals surface area contributed by atoms with Crippen LogP contribution >= 0.6 is 0 Å². The summed E-state index contributed by atoms with van der Waals surface area (Å²) in [5.41, 5.74) is 0. The molecule has 0 bridgehead atoms. The second-order valence-electron chi connectivity index (χ2n) is 2.74. The number of hydrogen-bond acceptors (Lipinski definition) is 4. The van der Waals surface area contributed by atoms with Crippen LogP contribution in [0.15, 0.2) is 12.7 Å². The predicted octanol–water partition coefficient (Wildman–Crippen LogP) is -0.905. The number of carboxylic acids is 1. The van der Waals surface area contributed by atoms with Crippen LogP contribution in [0.3, 0.4) is 0 Å². The molecule has 0 heterocycles. The zero-order valence-corrected chi connectivity index (χ0v) is 8.39. The summed E-state index contributed by atoms with van der Waals surface area (Å²) in [4.78, 5) is 22.8. The van der Waals surface area contributed by atoms with E-state index in [1.807, 2.05) is 0 Å². The molecular weight excluding hydrogens is 202 g/mol. The maximum atomic E-state index is 11.4. The maximum absolute atomic E-state index is 11.4. The highest BCUT2D eigenvalue weighted by Crippen LogP contribution is 1.91. The Morgan fingerprint density at radius 1 is 1.40 bits per heavy atom. The Morgan fingerprint density at radius 2 is 2.07 bits per heavy atom. The fourth-order valence-corrected chi connectivity index (χ4v) is 0.911. The number of aliphatic hydroxyl groups is 1. The first-order chi connectivity index (χ1) is 7.11. The van der Waals surface area contributed by atoms with Crippen LogP contribution in [0.2, 0.25) is 0 Å². The van der Waals surface area contributed by atoms with Gasteiger partial charge in [-0.05, 0) is 0 Å². The van der Waals surface area contributed by atoms with Crippen LogP contribution in [-0.2, 0) is 14.3 Å². The number of aliphatic carboxylic acids is 1. The fourth-order valence-electron chi connectivity index (χ4n) is 0.911. The third kappa shape index (κ3) is 6.64. The summed E-state index contributed by atoms with van der Waals surface area (Å²) < 4.78 is 4.62. The number of amides is 1. The molecule has 15 heavy (non-hydrogen) atoms. The average molecular weight is 217 g/mol. The highest BCUT2D eigenvalue weighted by atomic mass is 16.5. The van der Waals surface area contributed by atoms with Crippen molar-refractivity contribution in [1.29, 1.82) is 0 Å². The first-order valence-corrected chi connectivity index (χ1v) is 4.41. The Hall–Kier alpha value is -1.40. The number of carbonyl (C=O) groups excluding carboxylic acids is 1. The Bertz CT molecular complexity index is 229. The minimum Gasteiger partial charge on any atom is -0.480 e. The topological polar surface area (TPSA) is 87.1 Å². The van der Waals surface area contributed by atoms with E-state index < -0.39 is 12.6 Å². The summed E-state index contributed by atoms with van der Waals surface area (Å²) in [7, 11) is 0. The summed E-state index contributed by atoms with van der Waals surface area (Å²) in [5.74, 6) is -1.49. The van der Waals surface area contributed by atoms with Crippen molar-refractivity contribution in [3.8, 4) is 0 Å². The smallest absolute Gasteiger partial charge is 0.329 e. The molecule has 86 valence electrons. The molecule has 1 amide bonds. The Balaban J connectivity index is 3.90. The van der Waals surface area contributed by atoms with E-state index in [1.54, 1.807) is 0 Å². The quantitative estimate of drug-likeness (QED) is 0.514. The van der Waals surface area contributed by atoms with Crippen molar-refractivity contribution in [2.45, 2.75) is 0 Å². The second kappa shape index (κ2) is 7.95. The molecule has 0 rings (SSSR count). The Labute approximate surface area is 87.8 Å². The van der Waals surface area contributed by atoms with Gasteiger partial charge in [0.15, 0.2) is 0 Å². The fraction of sp³-hybridized carbons (Fsp3) is 0.556. The molecule has 0 spiro atoms. The van der Waals surface area contributed by atoms with E-state index in [0.29, 0.717) is 6.54 Å². The number of aliphatic hydroxyl groups excluding tert-OH is 1. The lowest BCUT2D eigenvalue weighted by atomic mass is 10.4. The molecule has 2 N–H and O–H groups in total. The van der Waals surface area contributed by atoms with Gasteiger partial charge in [-0.25, -0.2) is 4.79 Å². The van der Waals surface area contributed by atoms with Gasteiger partial charge >= 0.3 is 5.97 Å². The lowest BCUT2D eigenvalue weighted by molar-refractivity contribution is -0.145. The SMILES string of the molecule is C=CCN(CCO)C(=O)COCC(=O)O. The van der Waals surface area contributed by atoms with Gasteiger partial charge in [0, 0.05) is 13.1 Å². The minimum atomic E-state index is -1.12. The van der Waals surface area contributed by atoms with Gasteiger partial charge in [-0.15, -0.1) is 6.58 Å². The highest BCUT2D eigenvalue weighted by Gasteiger charge is 2.11. The van der Waals surface area contributed by atoms with Gasteiger partial charge in [0.25, 0.3) is 0 Å². The average Bonchev–Trinajstić information content (AvgIpc) is 2.16. The zero-order valence-electron chi connectivity index (χ0n) is 8.39. The van der Waals surface area contributed by atoms with E-state index in [2.05, 4.69) is 11.3 Å². The first-order valence-electron chi connectivity index (χ1n) is 4.41. The lowest BCUT2D eigenvalue weighted by Gasteiger charge is -2.19. The summed E-state index contributed by atoms with van der Waals surface area (Å²) in [6.07, 6.45) is 1.52. The van der Waals surface area contributed by atoms with Crippen LogP contribution in [0.1, 0.15) is 0 Å². The number of nitrogens with zero attached hydrogens (tertiary/aromatic N) is 1. The molecule has 6 nitrogen and oxygen atoms in total. The number of hydrogen-bond donors (Lipinski definition) is 2. The molecule has 0 atom stereocenters. The van der Waals surface area contributed by atoms with Crippen molar-refractivity contribution in [2.24, 2.45) is 0 Å². The Morgan fingerprint density at radius 3 is 2.53 bits per heavy atom. The molecule has 0 aromatic heterocycles. The van der Waals surface area contributed by atoms with Gasteiger partial charge in [0.1, 0.15) is 13.2 Å². The highest BCUT2D eigenvalue weighted by molar-refractivity contribution is 5.78. The van der Waals surface area contributed by atoms with Crippen LogP contribution in [0.5, 0.6) is 0 Å². The minimum absolute atomic E-state index is 0.154. The molecule has 0 unspecified atom stereocenters. The van der Waals surface area contributed by atoms with Crippen LogP contribution in [0.25, 0.3) is 0 Å². The van der Waals surface area contributed by atoms with Gasteiger partial charge < -0.3 is 19.8 Å². The molecular formula is C9H15NO5. The molecule has 0 aliphatic heterocycles. The van der Waals surface area contributed by atoms with Crippen molar-refractivity contribution >= 4 is 11.9 Å². The molecule has 0 aliphatic carbocycles. The maximum Gasteiger partial charge on any atom is 0.329 e. The molecule has 0 fully saturated rings. The van der Waals surface area contributed by atoms with Crippen molar-refractivity contribution in [2.75, 3.05) is 32.9 Å². The molecule has 0 aromatic carbocycles. The van der Waals surface area contributed by atoms with Gasteiger partial charge in [-0.2, -0.15) is 0 Å². The Kier molecular flexibility index (Phi) is 7.21. The molecule has 0 aliphatic rings. The lowest BCUT2D eigenvalue weighted by Crippen LogP contribution is -2.36. The van der Waals surface area contributed by atoms with Gasteiger partial charge in [-0.3, -0.25) is 4.79 Å². The van der Waals surface area contributed by atoms with Crippen molar-refractivity contribution in [1.82, 2.24) is 4.90 Å². The number of rotatable bonds is 8. The van der Waals surface area contributed by atoms with Crippen LogP contribution in [0.4, 0.5) is 0 Å². The van der Waals surface area contributed by atoms with E-state index in [1.165, 1.54) is 11.0 Å². The molecule has 0 saturated carbocycles. The number of ether oxygens (including phenoxy) is 1. The largest absolute Gasteiger partial charge is 0.480 e. The van der Waals surface area contributed by atoms with E-state index in [4.69, 9.17) is 10.2 Å². The third-order valence-corrected chi connectivity index (χ3v) is 1.52. The van der Waals surface area contributed by atoms with Crippen LogP contribution in [0, 0.1) is 0 Å².